The maximum absolute atomic E-state index is 4.91. The molecule has 0 amide bonds. The molecule has 0 radical (unpaired) electrons. The lowest BCUT2D eigenvalue weighted by Gasteiger charge is -2.34. The highest BCUT2D eigenvalue weighted by Gasteiger charge is 2.34. The summed E-state index contributed by atoms with van der Waals surface area (Å²) in [6.45, 7) is 12.9. The molecule has 0 aromatic carbocycles. The van der Waals surface area contributed by atoms with Gasteiger partial charge in [-0.15, -0.1) is 0 Å². The maximum Gasteiger partial charge on any atom is 0.0442 e. The smallest absolute Gasteiger partial charge is 0.0442 e. The van der Waals surface area contributed by atoms with Crippen LogP contribution in [0.2, 0.25) is 0 Å². The molecule has 2 heteroatoms. The first-order chi connectivity index (χ1) is 8.08. The van der Waals surface area contributed by atoms with Gasteiger partial charge in [0.2, 0.25) is 0 Å². The summed E-state index contributed by atoms with van der Waals surface area (Å²) in [6, 6.07) is 0.463. The maximum atomic E-state index is 4.91. The molecule has 1 saturated carbocycles. The fourth-order valence-corrected chi connectivity index (χ4v) is 2.78. The Hall–Kier alpha value is -0.790. The van der Waals surface area contributed by atoms with E-state index in [4.69, 9.17) is 4.99 Å². The van der Waals surface area contributed by atoms with Crippen molar-refractivity contribution in [2.24, 2.45) is 16.8 Å². The highest BCUT2D eigenvalue weighted by Crippen LogP contribution is 2.37. The summed E-state index contributed by atoms with van der Waals surface area (Å²) in [5.41, 5.74) is 2.76. The second kappa shape index (κ2) is 5.24. The lowest BCUT2D eigenvalue weighted by atomic mass is 9.89. The number of nitrogens with zero attached hydrogens (tertiary/aromatic N) is 2. The van der Waals surface area contributed by atoms with Gasteiger partial charge in [-0.3, -0.25) is 4.99 Å². The van der Waals surface area contributed by atoms with E-state index in [0.29, 0.717) is 6.04 Å². The van der Waals surface area contributed by atoms with Crippen LogP contribution in [0.3, 0.4) is 0 Å². The number of likely N-dealkylation sites (tertiary alicyclic amines) is 1. The molecule has 0 aromatic rings. The Labute approximate surface area is 106 Å². The normalized spacial score (nSPS) is 23.3. The highest BCUT2D eigenvalue weighted by atomic mass is 15.1. The van der Waals surface area contributed by atoms with Crippen LogP contribution >= 0.6 is 0 Å². The van der Waals surface area contributed by atoms with Gasteiger partial charge in [-0.1, -0.05) is 6.58 Å². The Morgan fingerprint density at radius 1 is 1.12 bits per heavy atom. The van der Waals surface area contributed by atoms with E-state index in [9.17, 15) is 0 Å². The van der Waals surface area contributed by atoms with E-state index in [1.54, 1.807) is 5.71 Å². The van der Waals surface area contributed by atoms with Gasteiger partial charge in [-0.05, 0) is 52.4 Å². The molecule has 1 aliphatic heterocycles. The van der Waals surface area contributed by atoms with Crippen LogP contribution in [0.25, 0.3) is 0 Å². The highest BCUT2D eigenvalue weighted by molar-refractivity contribution is 5.91. The third-order valence-electron chi connectivity index (χ3n) is 3.86. The summed E-state index contributed by atoms with van der Waals surface area (Å²) in [5.74, 6) is 1.58. The van der Waals surface area contributed by atoms with Crippen molar-refractivity contribution in [3.63, 3.8) is 0 Å². The predicted octanol–water partition coefficient (Wildman–Crippen LogP) is 3.49. The molecule has 2 fully saturated rings. The average molecular weight is 234 g/mol. The molecule has 2 aliphatic rings. The minimum atomic E-state index is 0.463. The molecule has 2 rings (SSSR count). The summed E-state index contributed by atoms with van der Waals surface area (Å²) in [4.78, 5) is 7.32. The van der Waals surface area contributed by atoms with Crippen LogP contribution in [0, 0.1) is 11.8 Å². The van der Waals surface area contributed by atoms with Crippen LogP contribution < -0.4 is 0 Å². The van der Waals surface area contributed by atoms with Crippen molar-refractivity contribution in [3.05, 3.63) is 12.3 Å². The summed E-state index contributed by atoms with van der Waals surface area (Å²) >= 11 is 0. The molecule has 0 spiro atoms. The summed E-state index contributed by atoms with van der Waals surface area (Å²) in [6.07, 6.45) is 5.31. The topological polar surface area (TPSA) is 15.6 Å². The van der Waals surface area contributed by atoms with Crippen molar-refractivity contribution in [1.82, 2.24) is 4.90 Å². The summed E-state index contributed by atoms with van der Waals surface area (Å²) in [5, 5.41) is 0. The van der Waals surface area contributed by atoms with Crippen LogP contribution in [0.15, 0.2) is 17.3 Å². The van der Waals surface area contributed by atoms with Gasteiger partial charge in [0.1, 0.15) is 0 Å². The minimum absolute atomic E-state index is 0.463. The molecule has 0 unspecified atom stereocenters. The Bertz CT molecular complexity index is 305. The molecule has 96 valence electrons. The van der Waals surface area contributed by atoms with Crippen LogP contribution in [-0.4, -0.2) is 29.7 Å². The fraction of sp³-hybridized carbons (Fsp3) is 0.800. The molecule has 0 aromatic heterocycles. The van der Waals surface area contributed by atoms with Crippen molar-refractivity contribution in [3.8, 4) is 0 Å². The first-order valence-corrected chi connectivity index (χ1v) is 7.06. The van der Waals surface area contributed by atoms with Crippen molar-refractivity contribution < 1.29 is 0 Å². The van der Waals surface area contributed by atoms with Crippen molar-refractivity contribution in [2.75, 3.05) is 13.1 Å². The van der Waals surface area contributed by atoms with Gasteiger partial charge in [0, 0.05) is 36.5 Å². The van der Waals surface area contributed by atoms with Gasteiger partial charge in [-0.2, -0.15) is 0 Å². The Morgan fingerprint density at radius 3 is 2.06 bits per heavy atom. The van der Waals surface area contributed by atoms with E-state index >= 15 is 0 Å². The minimum Gasteiger partial charge on any atom is -0.375 e. The van der Waals surface area contributed by atoms with Gasteiger partial charge < -0.3 is 4.90 Å². The Kier molecular flexibility index (Phi) is 3.90. The van der Waals surface area contributed by atoms with Crippen LogP contribution in [0.4, 0.5) is 0 Å². The zero-order chi connectivity index (χ0) is 12.4. The van der Waals surface area contributed by atoms with E-state index in [-0.39, 0.29) is 0 Å². The van der Waals surface area contributed by atoms with Gasteiger partial charge >= 0.3 is 0 Å². The van der Waals surface area contributed by atoms with E-state index in [2.05, 4.69) is 32.3 Å². The molecule has 0 N–H and O–H groups in total. The Morgan fingerprint density at radius 2 is 1.65 bits per heavy atom. The van der Waals surface area contributed by atoms with Crippen molar-refractivity contribution in [1.29, 1.82) is 0 Å². The monoisotopic (exact) mass is 234 g/mol. The molecule has 0 atom stereocenters. The predicted molar refractivity (Wildman–Crippen MR) is 74.4 cm³/mol. The van der Waals surface area contributed by atoms with Crippen LogP contribution in [0.1, 0.15) is 46.5 Å². The second-order valence-corrected chi connectivity index (χ2v) is 5.92. The molecular weight excluding hydrogens is 208 g/mol. The third-order valence-corrected chi connectivity index (χ3v) is 3.86. The molecule has 2 nitrogen and oxygen atoms in total. The second-order valence-electron chi connectivity index (χ2n) is 5.92. The number of aliphatic imine (C=N–C) groups is 1. The van der Waals surface area contributed by atoms with Crippen LogP contribution in [0.5, 0.6) is 0 Å². The van der Waals surface area contributed by atoms with Gasteiger partial charge in [-0.25, -0.2) is 0 Å². The zero-order valence-corrected chi connectivity index (χ0v) is 11.6. The first-order valence-electron chi connectivity index (χ1n) is 7.06. The number of hydrogen-bond acceptors (Lipinski definition) is 2. The molecule has 1 saturated heterocycles. The van der Waals surface area contributed by atoms with Crippen molar-refractivity contribution in [2.45, 2.75) is 52.5 Å². The largest absolute Gasteiger partial charge is 0.375 e. The molecule has 17 heavy (non-hydrogen) atoms. The summed E-state index contributed by atoms with van der Waals surface area (Å²) < 4.78 is 0. The van der Waals surface area contributed by atoms with Gasteiger partial charge in [0.05, 0.1) is 0 Å². The number of allylic oxidation sites excluding steroid dienone is 1. The standard InChI is InChI=1S/C15H26N2/c1-11(2)16-15(13-5-6-13)14-7-9-17(10-8-14)12(3)4/h11,13-14H,3,5-10H2,1-2,4H3/b16-15+. The quantitative estimate of drug-likeness (QED) is 0.680. The van der Waals surface area contributed by atoms with Gasteiger partial charge in [0.25, 0.3) is 0 Å². The SMILES string of the molecule is C=C(C)N1CCC(/C(=N/C(C)C)C2CC2)CC1. The van der Waals surface area contributed by atoms with E-state index in [1.165, 1.54) is 44.5 Å². The molecule has 1 aliphatic carbocycles. The lowest BCUT2D eigenvalue weighted by Crippen LogP contribution is -2.35. The molecule has 1 heterocycles. The van der Waals surface area contributed by atoms with Gasteiger partial charge in [0.15, 0.2) is 0 Å². The van der Waals surface area contributed by atoms with E-state index in [1.807, 2.05) is 0 Å². The van der Waals surface area contributed by atoms with Crippen molar-refractivity contribution >= 4 is 5.71 Å². The molecule has 0 bridgehead atoms. The van der Waals surface area contributed by atoms with E-state index in [0.717, 1.165) is 11.8 Å². The number of rotatable bonds is 4. The number of hydrogen-bond donors (Lipinski definition) is 0. The molecular formula is C15H26N2. The number of piperidine rings is 1. The zero-order valence-electron chi connectivity index (χ0n) is 11.6. The lowest BCUT2D eigenvalue weighted by molar-refractivity contribution is 0.259. The summed E-state index contributed by atoms with van der Waals surface area (Å²) in [7, 11) is 0. The average Bonchev–Trinajstić information content (AvgIpc) is 3.09. The first kappa shape index (κ1) is 12.7. The Balaban J connectivity index is 1.96. The fourth-order valence-electron chi connectivity index (χ4n) is 2.78. The third kappa shape index (κ3) is 3.34. The van der Waals surface area contributed by atoms with E-state index < -0.39 is 0 Å². The van der Waals surface area contributed by atoms with Crippen LogP contribution in [-0.2, 0) is 0 Å².